The molecule has 1 amide bonds. The van der Waals surface area contributed by atoms with E-state index in [2.05, 4.69) is 0 Å². The molecule has 1 saturated heterocycles. The lowest BCUT2D eigenvalue weighted by Crippen LogP contribution is -2.48. The zero-order chi connectivity index (χ0) is 22.6. The maximum Gasteiger partial charge on any atom is 0.341 e. The number of aromatic carboxylic acids is 1. The van der Waals surface area contributed by atoms with E-state index < -0.39 is 28.6 Å². The van der Waals surface area contributed by atoms with E-state index in [1.807, 2.05) is 17.5 Å². The number of amides is 1. The van der Waals surface area contributed by atoms with E-state index in [1.165, 1.54) is 15.9 Å². The number of thiophene rings is 1. The normalized spacial score (nSPS) is 18.9. The van der Waals surface area contributed by atoms with Crippen LogP contribution in [-0.4, -0.2) is 46.6 Å². The molecule has 32 heavy (non-hydrogen) atoms. The van der Waals surface area contributed by atoms with Gasteiger partial charge >= 0.3 is 5.97 Å². The highest BCUT2D eigenvalue weighted by Gasteiger charge is 2.34. The van der Waals surface area contributed by atoms with Gasteiger partial charge in [0.25, 0.3) is 0 Å². The van der Waals surface area contributed by atoms with Crippen LogP contribution in [0.4, 0.5) is 14.5 Å². The molecule has 2 fully saturated rings. The van der Waals surface area contributed by atoms with Crippen molar-refractivity contribution in [2.45, 2.75) is 24.9 Å². The number of anilines is 1. The predicted octanol–water partition coefficient (Wildman–Crippen LogP) is 3.39. The number of piperazine rings is 1. The number of hydrogen-bond acceptors (Lipinski definition) is 5. The Kier molecular flexibility index (Phi) is 4.96. The molecule has 5 rings (SSSR count). The van der Waals surface area contributed by atoms with Crippen LogP contribution in [0.15, 0.2) is 34.6 Å². The van der Waals surface area contributed by atoms with Gasteiger partial charge < -0.3 is 19.5 Å². The minimum atomic E-state index is -1.43. The maximum atomic E-state index is 15.9. The molecule has 1 aliphatic heterocycles. The summed E-state index contributed by atoms with van der Waals surface area (Å²) in [5.41, 5.74) is -1.75. The molecule has 166 valence electrons. The predicted molar refractivity (Wildman–Crippen MR) is 115 cm³/mol. The molecule has 0 bridgehead atoms. The van der Waals surface area contributed by atoms with Crippen LogP contribution in [0.3, 0.4) is 0 Å². The van der Waals surface area contributed by atoms with Crippen LogP contribution < -0.4 is 10.3 Å². The summed E-state index contributed by atoms with van der Waals surface area (Å²) in [4.78, 5) is 39.8. The van der Waals surface area contributed by atoms with E-state index in [9.17, 15) is 19.5 Å². The summed E-state index contributed by atoms with van der Waals surface area (Å²) < 4.78 is 32.5. The standard InChI is InChI=1S/C22H19F2N3O4S/c23-15-8-13-19(27(12-3-4-12)9-14(21(13)29)22(30)31)18(24)20(15)25-5-6-26(11-28)16(10-25)17-2-1-7-32-17/h1-2,7-9,11-12,16H,3-6,10H2,(H,30,31). The zero-order valence-electron chi connectivity index (χ0n) is 16.8. The SMILES string of the molecule is O=CN1CCN(c2c(F)cc3c(=O)c(C(=O)O)cn(C4CC4)c3c2F)CC1c1cccs1. The molecule has 1 saturated carbocycles. The maximum absolute atomic E-state index is 15.9. The topological polar surface area (TPSA) is 82.8 Å². The number of fused-ring (bicyclic) bond motifs is 1. The van der Waals surface area contributed by atoms with Gasteiger partial charge in [0.2, 0.25) is 11.8 Å². The van der Waals surface area contributed by atoms with Crippen molar-refractivity contribution in [1.29, 1.82) is 0 Å². The van der Waals surface area contributed by atoms with Gasteiger partial charge in [-0.25, -0.2) is 13.6 Å². The fourth-order valence-corrected chi connectivity index (χ4v) is 5.21. The largest absolute Gasteiger partial charge is 0.477 e. The Balaban J connectivity index is 1.66. The van der Waals surface area contributed by atoms with Crippen LogP contribution in [0.25, 0.3) is 10.9 Å². The quantitative estimate of drug-likeness (QED) is 0.592. The summed E-state index contributed by atoms with van der Waals surface area (Å²) in [7, 11) is 0. The Bertz CT molecular complexity index is 1290. The minimum absolute atomic E-state index is 0.0793. The molecule has 2 aliphatic rings. The van der Waals surface area contributed by atoms with Gasteiger partial charge in [0, 0.05) is 36.8 Å². The number of carboxylic acids is 1. The Hall–Kier alpha value is -3.27. The smallest absolute Gasteiger partial charge is 0.341 e. The number of halogens is 2. The van der Waals surface area contributed by atoms with Crippen molar-refractivity contribution in [2.75, 3.05) is 24.5 Å². The van der Waals surface area contributed by atoms with Crippen LogP contribution in [0.2, 0.25) is 0 Å². The Labute approximate surface area is 185 Å². The second-order valence-electron chi connectivity index (χ2n) is 8.05. The third-order valence-corrected chi connectivity index (χ3v) is 7.07. The first-order chi connectivity index (χ1) is 15.4. The second-order valence-corrected chi connectivity index (χ2v) is 9.03. The number of nitrogens with zero attached hydrogens (tertiary/aromatic N) is 3. The minimum Gasteiger partial charge on any atom is -0.477 e. The third-order valence-electron chi connectivity index (χ3n) is 6.10. The van der Waals surface area contributed by atoms with Gasteiger partial charge in [-0.05, 0) is 30.4 Å². The Morgan fingerprint density at radius 3 is 2.66 bits per heavy atom. The molecule has 1 atom stereocenters. The lowest BCUT2D eigenvalue weighted by molar-refractivity contribution is -0.120. The highest BCUT2D eigenvalue weighted by atomic mass is 32.1. The summed E-state index contributed by atoms with van der Waals surface area (Å²) >= 11 is 1.46. The summed E-state index contributed by atoms with van der Waals surface area (Å²) in [6.07, 6.45) is 3.35. The average molecular weight is 459 g/mol. The first-order valence-electron chi connectivity index (χ1n) is 10.2. The molecule has 0 radical (unpaired) electrons. The third kappa shape index (κ3) is 3.26. The van der Waals surface area contributed by atoms with Crippen LogP contribution in [0.1, 0.15) is 40.2 Å². The first kappa shape index (κ1) is 20.6. The number of benzene rings is 1. The van der Waals surface area contributed by atoms with Crippen molar-refractivity contribution >= 4 is 40.3 Å². The highest BCUT2D eigenvalue weighted by Crippen LogP contribution is 2.40. The van der Waals surface area contributed by atoms with Crippen LogP contribution in [0, 0.1) is 11.6 Å². The van der Waals surface area contributed by atoms with Crippen molar-refractivity contribution in [1.82, 2.24) is 9.47 Å². The van der Waals surface area contributed by atoms with Gasteiger partial charge in [0.05, 0.1) is 16.9 Å². The number of carbonyl (C=O) groups excluding carboxylic acids is 1. The number of carbonyl (C=O) groups is 2. The molecule has 3 aromatic rings. The lowest BCUT2D eigenvalue weighted by atomic mass is 10.1. The van der Waals surface area contributed by atoms with Crippen molar-refractivity contribution in [3.05, 3.63) is 62.1 Å². The van der Waals surface area contributed by atoms with Crippen molar-refractivity contribution in [3.8, 4) is 0 Å². The van der Waals surface area contributed by atoms with Crippen LogP contribution in [0.5, 0.6) is 0 Å². The molecule has 3 heterocycles. The number of rotatable bonds is 5. The molecule has 10 heteroatoms. The van der Waals surface area contributed by atoms with Gasteiger partial charge in [-0.15, -0.1) is 11.3 Å². The van der Waals surface area contributed by atoms with Crippen molar-refractivity contribution in [3.63, 3.8) is 0 Å². The Morgan fingerprint density at radius 1 is 1.25 bits per heavy atom. The summed E-state index contributed by atoms with van der Waals surface area (Å²) in [6.45, 7) is 0.705. The number of carboxylic acid groups (broad SMARTS) is 1. The molecule has 2 aromatic heterocycles. The number of aromatic nitrogens is 1. The zero-order valence-corrected chi connectivity index (χ0v) is 17.6. The summed E-state index contributed by atoms with van der Waals surface area (Å²) in [5.74, 6) is -3.24. The van der Waals surface area contributed by atoms with Gasteiger partial charge in [-0.1, -0.05) is 6.07 Å². The molecular weight excluding hydrogens is 440 g/mol. The fraction of sp³-hybridized carbons (Fsp3) is 0.318. The second kappa shape index (κ2) is 7.70. The van der Waals surface area contributed by atoms with Crippen molar-refractivity contribution in [2.24, 2.45) is 0 Å². The van der Waals surface area contributed by atoms with Gasteiger partial charge in [-0.3, -0.25) is 9.59 Å². The van der Waals surface area contributed by atoms with E-state index in [1.54, 1.807) is 9.80 Å². The first-order valence-corrected chi connectivity index (χ1v) is 11.1. The molecule has 0 spiro atoms. The van der Waals surface area contributed by atoms with Crippen LogP contribution in [-0.2, 0) is 4.79 Å². The highest BCUT2D eigenvalue weighted by molar-refractivity contribution is 7.10. The van der Waals surface area contributed by atoms with E-state index in [0.29, 0.717) is 0 Å². The van der Waals surface area contributed by atoms with E-state index in [-0.39, 0.29) is 48.3 Å². The molecule has 1 N–H and O–H groups in total. The summed E-state index contributed by atoms with van der Waals surface area (Å²) in [5, 5.41) is 11.0. The van der Waals surface area contributed by atoms with E-state index in [4.69, 9.17) is 0 Å². The number of pyridine rings is 1. The van der Waals surface area contributed by atoms with Gasteiger partial charge in [0.1, 0.15) is 17.1 Å². The van der Waals surface area contributed by atoms with Crippen molar-refractivity contribution < 1.29 is 23.5 Å². The van der Waals surface area contributed by atoms with E-state index >= 15 is 8.78 Å². The van der Waals surface area contributed by atoms with Gasteiger partial charge in [-0.2, -0.15) is 0 Å². The lowest BCUT2D eigenvalue weighted by Gasteiger charge is -2.40. The van der Waals surface area contributed by atoms with E-state index in [0.717, 1.165) is 36.4 Å². The molecule has 1 unspecified atom stereocenters. The molecule has 7 nitrogen and oxygen atoms in total. The summed E-state index contributed by atoms with van der Waals surface area (Å²) in [6, 6.07) is 4.19. The Morgan fingerprint density at radius 2 is 2.03 bits per heavy atom. The molecule has 1 aromatic carbocycles. The monoisotopic (exact) mass is 459 g/mol. The average Bonchev–Trinajstić information content (AvgIpc) is 3.47. The van der Waals surface area contributed by atoms with Gasteiger partial charge in [0.15, 0.2) is 5.82 Å². The number of hydrogen-bond donors (Lipinski definition) is 1. The molecule has 1 aliphatic carbocycles. The fourth-order valence-electron chi connectivity index (χ4n) is 4.37. The molecular formula is C22H19F2N3O4S. The van der Waals surface area contributed by atoms with Crippen LogP contribution >= 0.6 is 11.3 Å².